The fourth-order valence-electron chi connectivity index (χ4n) is 1.69. The lowest BCUT2D eigenvalue weighted by molar-refractivity contribution is 0.0726. The van der Waals surface area contributed by atoms with Gasteiger partial charge in [-0.1, -0.05) is 13.8 Å². The Kier molecular flexibility index (Phi) is 5.71. The molecule has 6 heteroatoms. The van der Waals surface area contributed by atoms with E-state index in [-0.39, 0.29) is 11.7 Å². The summed E-state index contributed by atoms with van der Waals surface area (Å²) in [7, 11) is -3.68. The van der Waals surface area contributed by atoms with Crippen LogP contribution in [0.25, 0.3) is 0 Å². The summed E-state index contributed by atoms with van der Waals surface area (Å²) in [5, 5.41) is 0. The summed E-state index contributed by atoms with van der Waals surface area (Å²) in [6.07, 6.45) is -0.0728. The van der Waals surface area contributed by atoms with Crippen molar-refractivity contribution in [3.8, 4) is 5.75 Å². The van der Waals surface area contributed by atoms with Crippen molar-refractivity contribution in [2.45, 2.75) is 26.9 Å². The molecule has 1 atom stereocenters. The van der Waals surface area contributed by atoms with E-state index in [4.69, 9.17) is 8.92 Å². The van der Waals surface area contributed by atoms with E-state index in [1.165, 1.54) is 0 Å². The van der Waals surface area contributed by atoms with E-state index in [1.807, 2.05) is 6.92 Å². The molecule has 20 heavy (non-hydrogen) atoms. The molecule has 0 bridgehead atoms. The summed E-state index contributed by atoms with van der Waals surface area (Å²) >= 11 is 0. The van der Waals surface area contributed by atoms with Crippen LogP contribution in [0.1, 0.15) is 31.1 Å². The Bertz CT molecular complexity index is 545. The van der Waals surface area contributed by atoms with Gasteiger partial charge in [0.25, 0.3) is 10.1 Å². The molecular formula is C14H20O5S. The van der Waals surface area contributed by atoms with Crippen LogP contribution in [0.5, 0.6) is 5.75 Å². The Labute approximate surface area is 120 Å². The number of ether oxygens (including phenoxy) is 1. The van der Waals surface area contributed by atoms with Gasteiger partial charge in [-0.25, -0.2) is 0 Å². The van der Waals surface area contributed by atoms with Gasteiger partial charge >= 0.3 is 0 Å². The molecule has 0 heterocycles. The quantitative estimate of drug-likeness (QED) is 0.570. The van der Waals surface area contributed by atoms with Gasteiger partial charge in [0.1, 0.15) is 11.9 Å². The summed E-state index contributed by atoms with van der Waals surface area (Å²) < 4.78 is 32.6. The van der Waals surface area contributed by atoms with Gasteiger partial charge in [0.15, 0.2) is 5.78 Å². The zero-order valence-electron chi connectivity index (χ0n) is 12.1. The molecule has 0 aliphatic carbocycles. The molecule has 1 unspecified atom stereocenters. The van der Waals surface area contributed by atoms with E-state index in [0.29, 0.717) is 17.9 Å². The highest BCUT2D eigenvalue weighted by molar-refractivity contribution is 7.86. The Hall–Kier alpha value is -1.40. The molecule has 0 saturated carbocycles. The minimum atomic E-state index is -3.68. The first-order valence-electron chi connectivity index (χ1n) is 6.40. The predicted molar refractivity (Wildman–Crippen MR) is 76.5 cm³/mol. The zero-order chi connectivity index (χ0) is 15.3. The molecule has 1 aromatic rings. The first kappa shape index (κ1) is 16.7. The molecule has 0 aromatic heterocycles. The predicted octanol–water partition coefficient (Wildman–Crippen LogP) is 2.27. The van der Waals surface area contributed by atoms with Crippen molar-refractivity contribution in [3.63, 3.8) is 0 Å². The van der Waals surface area contributed by atoms with Crippen LogP contribution in [0.4, 0.5) is 0 Å². The smallest absolute Gasteiger partial charge is 0.265 e. The maximum Gasteiger partial charge on any atom is 0.265 e. The highest BCUT2D eigenvalue weighted by atomic mass is 32.2. The lowest BCUT2D eigenvalue weighted by Gasteiger charge is -2.18. The second-order valence-corrected chi connectivity index (χ2v) is 6.39. The number of carbonyl (C=O) groups is 1. The molecule has 0 spiro atoms. The van der Waals surface area contributed by atoms with Crippen molar-refractivity contribution in [1.82, 2.24) is 0 Å². The van der Waals surface area contributed by atoms with Crippen LogP contribution in [0, 0.1) is 5.92 Å². The van der Waals surface area contributed by atoms with Crippen molar-refractivity contribution in [3.05, 3.63) is 29.8 Å². The second kappa shape index (κ2) is 6.85. The first-order chi connectivity index (χ1) is 9.24. The van der Waals surface area contributed by atoms with Gasteiger partial charge in [0, 0.05) is 5.56 Å². The van der Waals surface area contributed by atoms with Crippen LogP contribution in [0.2, 0.25) is 0 Å². The van der Waals surface area contributed by atoms with E-state index in [0.717, 1.165) is 6.26 Å². The maximum atomic E-state index is 12.3. The SMILES string of the molecule is CCOc1ccc(C(=O)C(OS(C)(=O)=O)C(C)C)cc1. The zero-order valence-corrected chi connectivity index (χ0v) is 12.9. The number of rotatable bonds is 7. The van der Waals surface area contributed by atoms with E-state index < -0.39 is 16.2 Å². The third kappa shape index (κ3) is 4.94. The number of ketones is 1. The molecule has 112 valence electrons. The van der Waals surface area contributed by atoms with Gasteiger partial charge in [-0.15, -0.1) is 0 Å². The van der Waals surface area contributed by atoms with Crippen LogP contribution in [0.3, 0.4) is 0 Å². The van der Waals surface area contributed by atoms with E-state index in [1.54, 1.807) is 38.1 Å². The van der Waals surface area contributed by atoms with E-state index >= 15 is 0 Å². The number of hydrogen-bond acceptors (Lipinski definition) is 5. The maximum absolute atomic E-state index is 12.3. The molecule has 0 fully saturated rings. The average molecular weight is 300 g/mol. The average Bonchev–Trinajstić information content (AvgIpc) is 2.35. The second-order valence-electron chi connectivity index (χ2n) is 4.79. The minimum Gasteiger partial charge on any atom is -0.494 e. The van der Waals surface area contributed by atoms with Gasteiger partial charge in [0.2, 0.25) is 0 Å². The first-order valence-corrected chi connectivity index (χ1v) is 8.21. The molecule has 0 radical (unpaired) electrons. The fourth-order valence-corrected chi connectivity index (χ4v) is 2.38. The summed E-state index contributed by atoms with van der Waals surface area (Å²) in [5.41, 5.74) is 0.399. The standard InChI is InChI=1S/C14H20O5S/c1-5-18-12-8-6-11(7-9-12)13(15)14(10(2)3)19-20(4,16)17/h6-10,14H,5H2,1-4H3. The lowest BCUT2D eigenvalue weighted by Crippen LogP contribution is -2.32. The number of carbonyl (C=O) groups excluding carboxylic acids is 1. The van der Waals surface area contributed by atoms with Crippen molar-refractivity contribution in [1.29, 1.82) is 0 Å². The third-order valence-corrected chi connectivity index (χ3v) is 3.15. The summed E-state index contributed by atoms with van der Waals surface area (Å²) in [6, 6.07) is 6.56. The molecule has 0 N–H and O–H groups in total. The Morgan fingerprint density at radius 3 is 2.15 bits per heavy atom. The topological polar surface area (TPSA) is 69.7 Å². The van der Waals surface area contributed by atoms with Gasteiger partial charge in [-0.3, -0.25) is 8.98 Å². The summed E-state index contributed by atoms with van der Waals surface area (Å²) in [5.74, 6) is 0.0615. The monoisotopic (exact) mass is 300 g/mol. The van der Waals surface area contributed by atoms with Crippen LogP contribution in [-0.4, -0.2) is 33.2 Å². The number of hydrogen-bond donors (Lipinski definition) is 0. The summed E-state index contributed by atoms with van der Waals surface area (Å²) in [4.78, 5) is 12.3. The highest BCUT2D eigenvalue weighted by Gasteiger charge is 2.28. The molecule has 1 aromatic carbocycles. The molecular weight excluding hydrogens is 280 g/mol. The highest BCUT2D eigenvalue weighted by Crippen LogP contribution is 2.18. The Morgan fingerprint density at radius 2 is 1.75 bits per heavy atom. The van der Waals surface area contributed by atoms with Crippen molar-refractivity contribution >= 4 is 15.9 Å². The van der Waals surface area contributed by atoms with Gasteiger partial charge < -0.3 is 4.74 Å². The van der Waals surface area contributed by atoms with E-state index in [2.05, 4.69) is 0 Å². The normalized spacial score (nSPS) is 13.2. The Morgan fingerprint density at radius 1 is 1.20 bits per heavy atom. The molecule has 5 nitrogen and oxygen atoms in total. The van der Waals surface area contributed by atoms with Crippen molar-refractivity contribution < 1.29 is 22.1 Å². The minimum absolute atomic E-state index is 0.246. The Balaban J connectivity index is 2.94. The largest absolute Gasteiger partial charge is 0.494 e. The van der Waals surface area contributed by atoms with Crippen LogP contribution >= 0.6 is 0 Å². The number of Topliss-reactive ketones (excluding diaryl/α,β-unsaturated/α-hetero) is 1. The van der Waals surface area contributed by atoms with Crippen LogP contribution < -0.4 is 4.74 Å². The van der Waals surface area contributed by atoms with Crippen LogP contribution in [0.15, 0.2) is 24.3 Å². The lowest BCUT2D eigenvalue weighted by atomic mass is 9.98. The van der Waals surface area contributed by atoms with Crippen LogP contribution in [-0.2, 0) is 14.3 Å². The van der Waals surface area contributed by atoms with Crippen molar-refractivity contribution in [2.75, 3.05) is 12.9 Å². The molecule has 0 amide bonds. The molecule has 1 rings (SSSR count). The summed E-state index contributed by atoms with van der Waals surface area (Å²) in [6.45, 7) is 5.89. The van der Waals surface area contributed by atoms with Gasteiger partial charge in [-0.2, -0.15) is 8.42 Å². The van der Waals surface area contributed by atoms with Crippen molar-refractivity contribution in [2.24, 2.45) is 5.92 Å². The van der Waals surface area contributed by atoms with E-state index in [9.17, 15) is 13.2 Å². The fraction of sp³-hybridized carbons (Fsp3) is 0.500. The molecule has 0 aliphatic rings. The van der Waals surface area contributed by atoms with Gasteiger partial charge in [0.05, 0.1) is 12.9 Å². The number of benzene rings is 1. The van der Waals surface area contributed by atoms with Gasteiger partial charge in [-0.05, 0) is 37.1 Å². The molecule has 0 aliphatic heterocycles. The third-order valence-electron chi connectivity index (χ3n) is 2.59. The molecule has 0 saturated heterocycles.